The van der Waals surface area contributed by atoms with Gasteiger partial charge in [0.2, 0.25) is 0 Å². The fraction of sp³-hybridized carbons (Fsp3) is 0. The van der Waals surface area contributed by atoms with Crippen molar-refractivity contribution < 1.29 is 10.2 Å². The molecule has 0 aliphatic carbocycles. The lowest BCUT2D eigenvalue weighted by Crippen LogP contribution is -1.87. The minimum Gasteiger partial charge on any atom is -0.508 e. The number of hydrogen-bond acceptors (Lipinski definition) is 3. The van der Waals surface area contributed by atoms with Gasteiger partial charge in [0.05, 0.1) is 6.07 Å². The third-order valence-electron chi connectivity index (χ3n) is 2.57. The van der Waals surface area contributed by atoms with E-state index in [1.807, 2.05) is 6.07 Å². The smallest absolute Gasteiger partial charge is 0.115 e. The molecular weight excluding hydrogens is 226 g/mol. The number of aromatic hydroxyl groups is 2. The predicted octanol–water partition coefficient (Wildman–Crippen LogP) is 3.05. The average Bonchev–Trinajstić information content (AvgIpc) is 2.39. The molecule has 0 amide bonds. The topological polar surface area (TPSA) is 64.2 Å². The summed E-state index contributed by atoms with van der Waals surface area (Å²) in [7, 11) is 0. The summed E-state index contributed by atoms with van der Waals surface area (Å²) in [6.07, 6.45) is 1.44. The van der Waals surface area contributed by atoms with Crippen LogP contribution in [-0.4, -0.2) is 10.2 Å². The zero-order valence-corrected chi connectivity index (χ0v) is 9.54. The summed E-state index contributed by atoms with van der Waals surface area (Å²) in [5.41, 5.74) is 2.41. The second kappa shape index (κ2) is 5.07. The van der Waals surface area contributed by atoms with Crippen molar-refractivity contribution in [2.75, 3.05) is 0 Å². The predicted molar refractivity (Wildman–Crippen MR) is 68.9 cm³/mol. The maximum atomic E-state index is 9.26. The summed E-state index contributed by atoms with van der Waals surface area (Å²) in [5.74, 6) is 0.363. The molecule has 0 spiro atoms. The highest BCUT2D eigenvalue weighted by molar-refractivity contribution is 5.81. The molecule has 0 unspecified atom stereocenters. The molecule has 2 rings (SSSR count). The number of nitriles is 1. The average molecular weight is 237 g/mol. The Kier molecular flexibility index (Phi) is 3.31. The van der Waals surface area contributed by atoms with E-state index in [0.717, 1.165) is 16.7 Å². The highest BCUT2D eigenvalue weighted by Gasteiger charge is 2.05. The number of phenols is 2. The summed E-state index contributed by atoms with van der Waals surface area (Å²) in [4.78, 5) is 0. The normalized spacial score (nSPS) is 9.50. The maximum Gasteiger partial charge on any atom is 0.115 e. The molecule has 0 aromatic heterocycles. The van der Waals surface area contributed by atoms with E-state index in [-0.39, 0.29) is 11.5 Å². The molecule has 3 heteroatoms. The summed E-state index contributed by atoms with van der Waals surface area (Å²) in [6, 6.07) is 15.3. The van der Waals surface area contributed by atoms with Crippen LogP contribution in [-0.2, 0) is 0 Å². The molecule has 0 bridgehead atoms. The summed E-state index contributed by atoms with van der Waals surface area (Å²) in [6.45, 7) is 0. The Morgan fingerprint density at radius 3 is 1.56 bits per heavy atom. The molecule has 0 radical (unpaired) electrons. The zero-order chi connectivity index (χ0) is 13.0. The van der Waals surface area contributed by atoms with Crippen molar-refractivity contribution >= 4 is 5.57 Å². The lowest BCUT2D eigenvalue weighted by Gasteiger charge is -2.07. The van der Waals surface area contributed by atoms with Gasteiger partial charge in [-0.1, -0.05) is 24.3 Å². The third-order valence-corrected chi connectivity index (χ3v) is 2.57. The largest absolute Gasteiger partial charge is 0.508 e. The highest BCUT2D eigenvalue weighted by atomic mass is 16.3. The quantitative estimate of drug-likeness (QED) is 0.789. The Morgan fingerprint density at radius 2 is 1.22 bits per heavy atom. The van der Waals surface area contributed by atoms with Gasteiger partial charge < -0.3 is 10.2 Å². The summed E-state index contributed by atoms with van der Waals surface area (Å²) in [5, 5.41) is 27.4. The van der Waals surface area contributed by atoms with Crippen LogP contribution < -0.4 is 0 Å². The maximum absolute atomic E-state index is 9.26. The Labute approximate surface area is 105 Å². The molecule has 2 aromatic rings. The Hall–Kier alpha value is -2.73. The van der Waals surface area contributed by atoms with E-state index >= 15 is 0 Å². The Morgan fingerprint density at radius 1 is 0.833 bits per heavy atom. The van der Waals surface area contributed by atoms with Crippen LogP contribution in [0.4, 0.5) is 0 Å². The molecule has 3 nitrogen and oxygen atoms in total. The van der Waals surface area contributed by atoms with Crippen LogP contribution in [0.5, 0.6) is 11.5 Å². The number of rotatable bonds is 2. The van der Waals surface area contributed by atoms with E-state index in [2.05, 4.69) is 0 Å². The van der Waals surface area contributed by atoms with Crippen molar-refractivity contribution in [3.8, 4) is 17.6 Å². The molecule has 0 atom stereocenters. The molecule has 0 aliphatic heterocycles. The molecule has 88 valence electrons. The molecular formula is C15H11NO2. The first kappa shape index (κ1) is 11.7. The van der Waals surface area contributed by atoms with E-state index in [1.165, 1.54) is 6.08 Å². The molecule has 2 aromatic carbocycles. The molecule has 0 fully saturated rings. The van der Waals surface area contributed by atoms with Crippen LogP contribution in [0, 0.1) is 11.3 Å². The molecule has 2 N–H and O–H groups in total. The van der Waals surface area contributed by atoms with Crippen LogP contribution in [0.25, 0.3) is 5.57 Å². The van der Waals surface area contributed by atoms with Crippen molar-refractivity contribution in [1.82, 2.24) is 0 Å². The van der Waals surface area contributed by atoms with Gasteiger partial charge in [-0.05, 0) is 41.0 Å². The molecule has 18 heavy (non-hydrogen) atoms. The SMILES string of the molecule is N#CC=C(c1ccc(O)cc1)c1ccc(O)cc1. The van der Waals surface area contributed by atoms with Crippen molar-refractivity contribution in [2.45, 2.75) is 0 Å². The van der Waals surface area contributed by atoms with E-state index in [9.17, 15) is 10.2 Å². The molecule has 0 saturated carbocycles. The fourth-order valence-corrected chi connectivity index (χ4v) is 1.68. The van der Waals surface area contributed by atoms with Gasteiger partial charge >= 0.3 is 0 Å². The van der Waals surface area contributed by atoms with E-state index in [0.29, 0.717) is 0 Å². The first-order valence-corrected chi connectivity index (χ1v) is 5.39. The van der Waals surface area contributed by atoms with Gasteiger partial charge in [0.1, 0.15) is 11.5 Å². The highest BCUT2D eigenvalue weighted by Crippen LogP contribution is 2.26. The molecule has 0 saturated heterocycles. The number of allylic oxidation sites excluding steroid dienone is 1. The van der Waals surface area contributed by atoms with Crippen LogP contribution >= 0.6 is 0 Å². The Balaban J connectivity index is 2.47. The van der Waals surface area contributed by atoms with Crippen LogP contribution in [0.1, 0.15) is 11.1 Å². The number of phenolic OH excluding ortho intramolecular Hbond substituents is 2. The monoisotopic (exact) mass is 237 g/mol. The van der Waals surface area contributed by atoms with Gasteiger partial charge in [-0.3, -0.25) is 0 Å². The van der Waals surface area contributed by atoms with Crippen molar-refractivity contribution in [2.24, 2.45) is 0 Å². The van der Waals surface area contributed by atoms with Crippen molar-refractivity contribution in [3.63, 3.8) is 0 Å². The second-order valence-electron chi connectivity index (χ2n) is 3.78. The second-order valence-corrected chi connectivity index (χ2v) is 3.78. The van der Waals surface area contributed by atoms with Gasteiger partial charge in [-0.25, -0.2) is 0 Å². The van der Waals surface area contributed by atoms with E-state index < -0.39 is 0 Å². The van der Waals surface area contributed by atoms with Crippen molar-refractivity contribution in [1.29, 1.82) is 5.26 Å². The lowest BCUT2D eigenvalue weighted by molar-refractivity contribution is 0.475. The van der Waals surface area contributed by atoms with Crippen molar-refractivity contribution in [3.05, 3.63) is 65.7 Å². The van der Waals surface area contributed by atoms with Crippen LogP contribution in [0.15, 0.2) is 54.6 Å². The summed E-state index contributed by atoms with van der Waals surface area (Å²) >= 11 is 0. The fourth-order valence-electron chi connectivity index (χ4n) is 1.68. The minimum atomic E-state index is 0.181. The van der Waals surface area contributed by atoms with Gasteiger partial charge in [-0.15, -0.1) is 0 Å². The lowest BCUT2D eigenvalue weighted by atomic mass is 9.97. The minimum absolute atomic E-state index is 0.181. The summed E-state index contributed by atoms with van der Waals surface area (Å²) < 4.78 is 0. The number of nitrogens with zero attached hydrogens (tertiary/aromatic N) is 1. The zero-order valence-electron chi connectivity index (χ0n) is 9.54. The van der Waals surface area contributed by atoms with Gasteiger partial charge in [0.15, 0.2) is 0 Å². The van der Waals surface area contributed by atoms with Gasteiger partial charge in [0.25, 0.3) is 0 Å². The van der Waals surface area contributed by atoms with Crippen LogP contribution in [0.3, 0.4) is 0 Å². The molecule has 0 aliphatic rings. The van der Waals surface area contributed by atoms with E-state index in [4.69, 9.17) is 5.26 Å². The van der Waals surface area contributed by atoms with E-state index in [1.54, 1.807) is 48.5 Å². The standard InChI is InChI=1S/C15H11NO2/c16-10-9-15(11-1-5-13(17)6-2-11)12-3-7-14(18)8-4-12/h1-9,17-18H. The number of benzene rings is 2. The first-order chi connectivity index (χ1) is 8.70. The third kappa shape index (κ3) is 2.50. The Bertz CT molecular complexity index is 557. The van der Waals surface area contributed by atoms with Gasteiger partial charge in [0, 0.05) is 6.08 Å². The number of hydrogen-bond donors (Lipinski definition) is 2. The first-order valence-electron chi connectivity index (χ1n) is 5.39. The van der Waals surface area contributed by atoms with Gasteiger partial charge in [-0.2, -0.15) is 5.26 Å². The molecule has 0 heterocycles. The van der Waals surface area contributed by atoms with Crippen LogP contribution in [0.2, 0.25) is 0 Å².